The number of aliphatic hydroxyl groups excluding tert-OH is 1. The molecule has 2 aromatic carbocycles. The van der Waals surface area contributed by atoms with Crippen molar-refractivity contribution in [3.8, 4) is 0 Å². The molecule has 0 bridgehead atoms. The summed E-state index contributed by atoms with van der Waals surface area (Å²) in [6.45, 7) is 8.23. The highest BCUT2D eigenvalue weighted by Crippen LogP contribution is 2.20. The van der Waals surface area contributed by atoms with Crippen molar-refractivity contribution in [3.05, 3.63) is 88.5 Å². The van der Waals surface area contributed by atoms with Crippen LogP contribution < -0.4 is 16.1 Å². The summed E-state index contributed by atoms with van der Waals surface area (Å²) in [6.07, 6.45) is 2.11. The van der Waals surface area contributed by atoms with Crippen molar-refractivity contribution in [1.82, 2.24) is 31.0 Å². The van der Waals surface area contributed by atoms with Crippen LogP contribution in [0.4, 0.5) is 4.79 Å². The number of aromatic amines is 1. The Morgan fingerprint density at radius 3 is 2.41 bits per heavy atom. The Bertz CT molecular complexity index is 1700. The van der Waals surface area contributed by atoms with Crippen LogP contribution in [0.25, 0.3) is 10.9 Å². The largest absolute Gasteiger partial charge is 0.445 e. The van der Waals surface area contributed by atoms with Gasteiger partial charge in [0.2, 0.25) is 11.8 Å². The second-order valence-corrected chi connectivity index (χ2v) is 14.1. The van der Waals surface area contributed by atoms with E-state index in [-0.39, 0.29) is 38.3 Å². The van der Waals surface area contributed by atoms with Gasteiger partial charge >= 0.3 is 6.09 Å². The summed E-state index contributed by atoms with van der Waals surface area (Å²) in [5.74, 6) is -1.25. The van der Waals surface area contributed by atoms with Crippen molar-refractivity contribution in [3.63, 3.8) is 0 Å². The Balaban J connectivity index is 1.56. The molecule has 0 saturated carbocycles. The first-order chi connectivity index (χ1) is 24.5. The third-order valence-electron chi connectivity index (χ3n) is 8.65. The summed E-state index contributed by atoms with van der Waals surface area (Å²) in [5, 5.41) is 20.0. The van der Waals surface area contributed by atoms with E-state index in [4.69, 9.17) is 4.74 Å². The van der Waals surface area contributed by atoms with Crippen molar-refractivity contribution in [1.29, 1.82) is 0 Å². The Morgan fingerprint density at radius 2 is 1.71 bits per heavy atom. The summed E-state index contributed by atoms with van der Waals surface area (Å²) in [4.78, 5) is 62.2. The number of carbonyl (C=O) groups is 4. The zero-order chi connectivity index (χ0) is 36.8. The maximum atomic E-state index is 14.3. The number of amides is 4. The molecule has 0 radical (unpaired) electrons. The van der Waals surface area contributed by atoms with Crippen molar-refractivity contribution in [2.45, 2.75) is 91.0 Å². The third kappa shape index (κ3) is 12.5. The fraction of sp³-hybridized carbons (Fsp3) is 0.447. The van der Waals surface area contributed by atoms with E-state index in [1.54, 1.807) is 17.1 Å². The lowest BCUT2D eigenvalue weighted by molar-refractivity contribution is -0.145. The number of H-pyrrole nitrogens is 1. The Morgan fingerprint density at radius 1 is 0.961 bits per heavy atom. The molecule has 0 aliphatic rings. The number of aromatic nitrogens is 2. The van der Waals surface area contributed by atoms with E-state index in [2.05, 4.69) is 26.0 Å². The smallest absolute Gasteiger partial charge is 0.408 e. The number of nitrogens with one attached hydrogen (secondary N) is 4. The molecule has 13 heteroatoms. The maximum absolute atomic E-state index is 14.3. The van der Waals surface area contributed by atoms with Crippen LogP contribution in [0.2, 0.25) is 0 Å². The Labute approximate surface area is 303 Å². The number of benzene rings is 2. The highest BCUT2D eigenvalue weighted by Gasteiger charge is 2.32. The van der Waals surface area contributed by atoms with Crippen molar-refractivity contribution in [2.24, 2.45) is 11.8 Å². The van der Waals surface area contributed by atoms with E-state index in [9.17, 15) is 24.3 Å². The lowest BCUT2D eigenvalue weighted by Crippen LogP contribution is -2.59. The van der Waals surface area contributed by atoms with Gasteiger partial charge in [-0.2, -0.15) is 0 Å². The molecule has 4 rings (SSSR count). The molecule has 2 unspecified atom stereocenters. The first kappa shape index (κ1) is 39.0. The number of thiazole rings is 1. The number of rotatable bonds is 18. The SMILES string of the molecule is CCC(C)CN(NC(=O)C[C@@H](O)CCC(C)C)C(=O)C(Cc1cscn1)NC(=O)[C@H](Cc1c[nH]c2ccccc12)NC(=O)OCc1ccccc1. The van der Waals surface area contributed by atoms with Crippen LogP contribution in [0.3, 0.4) is 0 Å². The lowest BCUT2D eigenvalue weighted by atomic mass is 10.0. The van der Waals surface area contributed by atoms with Crippen molar-refractivity contribution >= 4 is 46.1 Å². The van der Waals surface area contributed by atoms with Gasteiger partial charge in [-0.1, -0.05) is 82.6 Å². The number of fused-ring (bicyclic) bond motifs is 1. The highest BCUT2D eigenvalue weighted by molar-refractivity contribution is 7.07. The number of hydrazine groups is 1. The second-order valence-electron chi connectivity index (χ2n) is 13.4. The van der Waals surface area contributed by atoms with Crippen LogP contribution >= 0.6 is 11.3 Å². The summed E-state index contributed by atoms with van der Waals surface area (Å²) in [6, 6.07) is 14.6. The zero-order valence-electron chi connectivity index (χ0n) is 29.8. The first-order valence-electron chi connectivity index (χ1n) is 17.5. The Kier molecular flexibility index (Phi) is 15.0. The fourth-order valence-electron chi connectivity index (χ4n) is 5.51. The number of hydrogen-bond acceptors (Lipinski definition) is 8. The average Bonchev–Trinajstić information content (AvgIpc) is 3.79. The van der Waals surface area contributed by atoms with Crippen LogP contribution in [0.15, 0.2) is 71.7 Å². The van der Waals surface area contributed by atoms with Gasteiger partial charge in [0.05, 0.1) is 23.7 Å². The van der Waals surface area contributed by atoms with Crippen LogP contribution in [-0.2, 0) is 38.6 Å². The number of hydrogen-bond donors (Lipinski definition) is 5. The molecule has 5 N–H and O–H groups in total. The first-order valence-corrected chi connectivity index (χ1v) is 18.4. The minimum absolute atomic E-state index is 0.00940. The van der Waals surface area contributed by atoms with Gasteiger partial charge in [0.25, 0.3) is 5.91 Å². The topological polar surface area (TPSA) is 166 Å². The summed E-state index contributed by atoms with van der Waals surface area (Å²) in [7, 11) is 0. The molecule has 2 aromatic heterocycles. The van der Waals surface area contributed by atoms with E-state index < -0.39 is 42.0 Å². The molecule has 12 nitrogen and oxygen atoms in total. The molecule has 4 amide bonds. The van der Waals surface area contributed by atoms with Gasteiger partial charge in [-0.3, -0.25) is 24.8 Å². The maximum Gasteiger partial charge on any atom is 0.408 e. The van der Waals surface area contributed by atoms with E-state index in [0.29, 0.717) is 18.0 Å². The van der Waals surface area contributed by atoms with Gasteiger partial charge in [0, 0.05) is 41.9 Å². The second kappa shape index (κ2) is 19.6. The van der Waals surface area contributed by atoms with Gasteiger partial charge in [-0.15, -0.1) is 11.3 Å². The van der Waals surface area contributed by atoms with Crippen molar-refractivity contribution in [2.75, 3.05) is 6.54 Å². The number of aliphatic hydroxyl groups is 1. The summed E-state index contributed by atoms with van der Waals surface area (Å²) < 4.78 is 5.46. The van der Waals surface area contributed by atoms with Gasteiger partial charge in [-0.25, -0.2) is 9.78 Å². The van der Waals surface area contributed by atoms with E-state index in [0.717, 1.165) is 34.9 Å². The molecular formula is C38H50N6O6S. The number of alkyl carbamates (subject to hydrolysis) is 1. The molecule has 0 aliphatic heterocycles. The van der Waals surface area contributed by atoms with Crippen LogP contribution in [0.5, 0.6) is 0 Å². The molecule has 0 fully saturated rings. The van der Waals surface area contributed by atoms with Gasteiger partial charge in [0.15, 0.2) is 0 Å². The van der Waals surface area contributed by atoms with E-state index >= 15 is 0 Å². The van der Waals surface area contributed by atoms with Gasteiger partial charge in [0.1, 0.15) is 18.7 Å². The minimum Gasteiger partial charge on any atom is -0.445 e. The molecule has 0 aliphatic carbocycles. The highest BCUT2D eigenvalue weighted by atomic mass is 32.1. The average molecular weight is 719 g/mol. The number of ether oxygens (including phenoxy) is 1. The number of carbonyl (C=O) groups excluding carboxylic acids is 4. The molecule has 4 aromatic rings. The normalized spacial score (nSPS) is 13.6. The van der Waals surface area contributed by atoms with E-state index in [1.807, 2.05) is 82.3 Å². The monoisotopic (exact) mass is 718 g/mol. The summed E-state index contributed by atoms with van der Waals surface area (Å²) in [5.41, 5.74) is 7.38. The third-order valence-corrected chi connectivity index (χ3v) is 9.28. The van der Waals surface area contributed by atoms with Crippen LogP contribution in [0.1, 0.15) is 70.2 Å². The quantitative estimate of drug-likeness (QED) is 0.0873. The summed E-state index contributed by atoms with van der Waals surface area (Å²) >= 11 is 1.36. The lowest BCUT2D eigenvalue weighted by Gasteiger charge is -2.31. The molecule has 2 heterocycles. The number of nitrogens with zero attached hydrogens (tertiary/aromatic N) is 2. The van der Waals surface area contributed by atoms with Crippen LogP contribution in [-0.4, -0.2) is 68.6 Å². The predicted octanol–water partition coefficient (Wildman–Crippen LogP) is 5.28. The standard InChI is InChI=1S/C38H50N6O6S/c1-5-26(4)21-44(43-35(46)19-30(45)16-15-25(2)3)37(48)34(18-29-23-51-24-40-29)41-36(47)33(17-28-20-39-32-14-10-9-13-31(28)32)42-38(49)50-22-27-11-7-6-8-12-27/h6-14,20,23-26,30,33-34,39,45H,5,15-19,21-22H2,1-4H3,(H,41,47)(H,42,49)(H,43,46)/t26?,30-,33-,34?/m0/s1. The molecule has 0 spiro atoms. The number of para-hydroxylation sites is 1. The molecule has 51 heavy (non-hydrogen) atoms. The van der Waals surface area contributed by atoms with E-state index in [1.165, 1.54) is 16.3 Å². The Hall–Kier alpha value is -4.75. The molecule has 4 atom stereocenters. The zero-order valence-corrected chi connectivity index (χ0v) is 30.6. The van der Waals surface area contributed by atoms with Gasteiger partial charge < -0.3 is 25.5 Å². The minimum atomic E-state index is -1.14. The molecular weight excluding hydrogens is 669 g/mol. The van der Waals surface area contributed by atoms with Crippen LogP contribution in [0, 0.1) is 11.8 Å². The fourth-order valence-corrected chi connectivity index (χ4v) is 6.09. The molecule has 274 valence electrons. The van der Waals surface area contributed by atoms with Crippen molar-refractivity contribution < 1.29 is 29.0 Å². The predicted molar refractivity (Wildman–Crippen MR) is 197 cm³/mol. The van der Waals surface area contributed by atoms with Gasteiger partial charge in [-0.05, 0) is 41.9 Å². The molecule has 0 saturated heterocycles.